The second-order valence-electron chi connectivity index (χ2n) is 5.67. The Balaban J connectivity index is 1.82. The molecule has 1 fully saturated rings. The number of aliphatic hydroxyl groups is 1. The molecule has 2 rings (SSSR count). The highest BCUT2D eigenvalue weighted by Gasteiger charge is 2.25. The van der Waals surface area contributed by atoms with Gasteiger partial charge in [0.15, 0.2) is 5.76 Å². The number of urea groups is 1. The van der Waals surface area contributed by atoms with E-state index in [9.17, 15) is 4.79 Å². The van der Waals surface area contributed by atoms with E-state index in [2.05, 4.69) is 24.3 Å². The van der Waals surface area contributed by atoms with Crippen LogP contribution in [0.15, 0.2) is 10.6 Å². The Bertz CT molecular complexity index is 457. The summed E-state index contributed by atoms with van der Waals surface area (Å²) in [4.78, 5) is 13.7. The van der Waals surface area contributed by atoms with Crippen LogP contribution in [0, 0.1) is 5.92 Å². The minimum Gasteiger partial charge on any atom is -0.396 e. The molecule has 21 heavy (non-hydrogen) atoms. The van der Waals surface area contributed by atoms with E-state index in [0.717, 1.165) is 25.0 Å². The predicted octanol–water partition coefficient (Wildman–Crippen LogP) is 2.10. The lowest BCUT2D eigenvalue weighted by Gasteiger charge is -2.16. The maximum Gasteiger partial charge on any atom is 0.317 e. The number of aliphatic hydroxyl groups excluding tert-OH is 1. The van der Waals surface area contributed by atoms with Crippen LogP contribution in [0.4, 0.5) is 4.79 Å². The molecule has 6 heteroatoms. The molecule has 2 N–H and O–H groups in total. The average Bonchev–Trinajstić information content (AvgIpc) is 3.15. The Hall–Kier alpha value is -1.56. The van der Waals surface area contributed by atoms with Crippen molar-refractivity contribution >= 4 is 6.03 Å². The number of nitrogens with one attached hydrogen (secondary N) is 1. The van der Waals surface area contributed by atoms with Gasteiger partial charge in [-0.25, -0.2) is 4.79 Å². The summed E-state index contributed by atoms with van der Waals surface area (Å²) in [5.41, 5.74) is 0.964. The molecular weight excluding hydrogens is 270 g/mol. The van der Waals surface area contributed by atoms with Gasteiger partial charge in [-0.3, -0.25) is 0 Å². The Labute approximate surface area is 125 Å². The fraction of sp³-hybridized carbons (Fsp3) is 0.733. The third-order valence-electron chi connectivity index (χ3n) is 4.23. The topological polar surface area (TPSA) is 78.6 Å². The summed E-state index contributed by atoms with van der Waals surface area (Å²) in [5.74, 6) is 1.31. The van der Waals surface area contributed by atoms with Crippen LogP contribution in [0.3, 0.4) is 0 Å². The van der Waals surface area contributed by atoms with Crippen molar-refractivity contribution in [2.45, 2.75) is 45.6 Å². The van der Waals surface area contributed by atoms with Gasteiger partial charge in [-0.15, -0.1) is 0 Å². The minimum atomic E-state index is -0.105. The van der Waals surface area contributed by atoms with Gasteiger partial charge in [-0.1, -0.05) is 19.0 Å². The van der Waals surface area contributed by atoms with E-state index in [4.69, 9.17) is 9.63 Å². The van der Waals surface area contributed by atoms with Crippen LogP contribution >= 0.6 is 0 Å². The van der Waals surface area contributed by atoms with Crippen molar-refractivity contribution < 1.29 is 14.4 Å². The van der Waals surface area contributed by atoms with Gasteiger partial charge in [0.25, 0.3) is 0 Å². The number of carbonyl (C=O) groups is 1. The minimum absolute atomic E-state index is 0.105. The van der Waals surface area contributed by atoms with Crippen LogP contribution in [-0.4, -0.2) is 40.9 Å². The molecule has 118 valence electrons. The molecule has 1 atom stereocenters. The third kappa shape index (κ3) is 3.97. The van der Waals surface area contributed by atoms with Gasteiger partial charge in [0.05, 0.1) is 12.2 Å². The van der Waals surface area contributed by atoms with E-state index in [1.165, 1.54) is 0 Å². The fourth-order valence-corrected chi connectivity index (χ4v) is 2.75. The second kappa shape index (κ2) is 7.45. The highest BCUT2D eigenvalue weighted by Crippen LogP contribution is 2.22. The fourth-order valence-electron chi connectivity index (χ4n) is 2.75. The monoisotopic (exact) mass is 295 g/mol. The van der Waals surface area contributed by atoms with Gasteiger partial charge in [-0.05, 0) is 19.3 Å². The van der Waals surface area contributed by atoms with Gasteiger partial charge >= 0.3 is 6.03 Å². The molecule has 2 amide bonds. The Kier molecular flexibility index (Phi) is 5.61. The summed E-state index contributed by atoms with van der Waals surface area (Å²) in [6.07, 6.45) is 2.93. The zero-order valence-electron chi connectivity index (χ0n) is 12.8. The van der Waals surface area contributed by atoms with E-state index in [1.807, 2.05) is 6.07 Å². The molecular formula is C15H25N3O3. The van der Waals surface area contributed by atoms with E-state index in [1.54, 1.807) is 4.90 Å². The molecule has 0 aliphatic carbocycles. The molecule has 0 bridgehead atoms. The van der Waals surface area contributed by atoms with E-state index in [0.29, 0.717) is 31.3 Å². The number of amides is 2. The SMILES string of the molecule is CCC(CC)c1cc(CNC(=O)N2CCC(CO)C2)on1. The summed E-state index contributed by atoms with van der Waals surface area (Å²) >= 11 is 0. The van der Waals surface area contributed by atoms with E-state index < -0.39 is 0 Å². The predicted molar refractivity (Wildman–Crippen MR) is 78.8 cm³/mol. The van der Waals surface area contributed by atoms with Crippen molar-refractivity contribution in [1.29, 1.82) is 0 Å². The van der Waals surface area contributed by atoms with E-state index in [-0.39, 0.29) is 18.6 Å². The number of carbonyl (C=O) groups excluding carboxylic acids is 1. The normalized spacial score (nSPS) is 18.5. The molecule has 0 spiro atoms. The molecule has 1 aromatic rings. The number of hydrogen-bond donors (Lipinski definition) is 2. The van der Waals surface area contributed by atoms with Crippen molar-refractivity contribution in [3.8, 4) is 0 Å². The zero-order chi connectivity index (χ0) is 15.2. The molecule has 0 radical (unpaired) electrons. The van der Waals surface area contributed by atoms with Gasteiger partial charge in [0.1, 0.15) is 0 Å². The Morgan fingerprint density at radius 2 is 2.33 bits per heavy atom. The molecule has 0 aromatic carbocycles. The Morgan fingerprint density at radius 1 is 1.57 bits per heavy atom. The summed E-state index contributed by atoms with van der Waals surface area (Å²) in [7, 11) is 0. The van der Waals surface area contributed by atoms with Gasteiger partial charge in [0.2, 0.25) is 0 Å². The summed E-state index contributed by atoms with van der Waals surface area (Å²) in [6.45, 7) is 6.09. The van der Waals surface area contributed by atoms with Crippen molar-refractivity contribution in [1.82, 2.24) is 15.4 Å². The first-order valence-electron chi connectivity index (χ1n) is 7.77. The number of likely N-dealkylation sites (tertiary alicyclic amines) is 1. The molecule has 6 nitrogen and oxygen atoms in total. The van der Waals surface area contributed by atoms with Gasteiger partial charge in [0, 0.05) is 37.6 Å². The molecule has 1 aliphatic heterocycles. The molecule has 1 unspecified atom stereocenters. The first-order valence-corrected chi connectivity index (χ1v) is 7.77. The van der Waals surface area contributed by atoms with Crippen LogP contribution in [0.25, 0.3) is 0 Å². The zero-order valence-corrected chi connectivity index (χ0v) is 12.8. The van der Waals surface area contributed by atoms with Crippen molar-refractivity contribution in [3.63, 3.8) is 0 Å². The molecule has 1 saturated heterocycles. The lowest BCUT2D eigenvalue weighted by atomic mass is 9.99. The molecule has 1 aromatic heterocycles. The van der Waals surface area contributed by atoms with Crippen molar-refractivity contribution in [2.75, 3.05) is 19.7 Å². The summed E-state index contributed by atoms with van der Waals surface area (Å²) < 4.78 is 5.28. The van der Waals surface area contributed by atoms with Crippen molar-refractivity contribution in [2.24, 2.45) is 5.92 Å². The van der Waals surface area contributed by atoms with Gasteiger partial charge < -0.3 is 19.8 Å². The summed E-state index contributed by atoms with van der Waals surface area (Å²) in [5, 5.41) is 16.0. The average molecular weight is 295 g/mol. The number of rotatable bonds is 6. The number of aromatic nitrogens is 1. The standard InChI is InChI=1S/C15H25N3O3/c1-3-12(4-2)14-7-13(21-17-14)8-16-15(20)18-6-5-11(9-18)10-19/h7,11-12,19H,3-6,8-10H2,1-2H3,(H,16,20). The second-order valence-corrected chi connectivity index (χ2v) is 5.67. The van der Waals surface area contributed by atoms with Crippen LogP contribution in [-0.2, 0) is 6.54 Å². The third-order valence-corrected chi connectivity index (χ3v) is 4.23. The molecule has 0 saturated carbocycles. The van der Waals surface area contributed by atoms with E-state index >= 15 is 0 Å². The highest BCUT2D eigenvalue weighted by molar-refractivity contribution is 5.74. The first-order chi connectivity index (χ1) is 10.2. The quantitative estimate of drug-likeness (QED) is 0.842. The number of nitrogens with zero attached hydrogens (tertiary/aromatic N) is 2. The first kappa shape index (κ1) is 15.8. The van der Waals surface area contributed by atoms with Crippen LogP contribution in [0.2, 0.25) is 0 Å². The van der Waals surface area contributed by atoms with Crippen LogP contribution in [0.5, 0.6) is 0 Å². The van der Waals surface area contributed by atoms with Crippen LogP contribution in [0.1, 0.15) is 50.5 Å². The molecule has 1 aliphatic rings. The largest absolute Gasteiger partial charge is 0.396 e. The van der Waals surface area contributed by atoms with Crippen LogP contribution < -0.4 is 5.32 Å². The maximum absolute atomic E-state index is 12.0. The summed E-state index contributed by atoms with van der Waals surface area (Å²) in [6, 6.07) is 1.82. The lowest BCUT2D eigenvalue weighted by molar-refractivity contribution is 0.197. The molecule has 2 heterocycles. The lowest BCUT2D eigenvalue weighted by Crippen LogP contribution is -2.38. The van der Waals surface area contributed by atoms with Crippen molar-refractivity contribution in [3.05, 3.63) is 17.5 Å². The Morgan fingerprint density at radius 3 is 2.95 bits per heavy atom. The number of hydrogen-bond acceptors (Lipinski definition) is 4. The smallest absolute Gasteiger partial charge is 0.317 e. The van der Waals surface area contributed by atoms with Gasteiger partial charge in [-0.2, -0.15) is 0 Å². The maximum atomic E-state index is 12.0. The highest BCUT2D eigenvalue weighted by atomic mass is 16.5.